The SMILES string of the molecule is CCCn1nc(C(=O)NNC(=O)c2cccc(S(=O)(=O)Nc3ccccc3OC)c2)c2ccccc2c1=O. The molecule has 11 nitrogen and oxygen atoms in total. The standard InChI is InChI=1S/C26H25N5O6S/c1-3-15-31-26(34)20-12-5-4-11-19(20)23(29-31)25(33)28-27-24(32)17-9-8-10-18(16-17)38(35,36)30-21-13-6-7-14-22(21)37-2/h4-14,16,30H,3,15H2,1-2H3,(H,27,32)(H,28,33). The van der Waals surface area contributed by atoms with Gasteiger partial charge in [0.15, 0.2) is 5.69 Å². The normalized spacial score (nSPS) is 11.1. The molecule has 1 heterocycles. The summed E-state index contributed by atoms with van der Waals surface area (Å²) in [7, 11) is -2.63. The molecule has 2 amide bonds. The number of carbonyl (C=O) groups excluding carboxylic acids is 2. The molecule has 0 saturated heterocycles. The van der Waals surface area contributed by atoms with Crippen molar-refractivity contribution < 1.29 is 22.7 Å². The summed E-state index contributed by atoms with van der Waals surface area (Å²) < 4.78 is 34.7. The Balaban J connectivity index is 1.53. The van der Waals surface area contributed by atoms with Gasteiger partial charge in [-0.1, -0.05) is 43.3 Å². The van der Waals surface area contributed by atoms with Crippen molar-refractivity contribution in [3.63, 3.8) is 0 Å². The molecular formula is C26H25N5O6S. The number of methoxy groups -OCH3 is 1. The molecule has 12 heteroatoms. The van der Waals surface area contributed by atoms with Crippen LogP contribution in [-0.4, -0.2) is 37.1 Å². The molecule has 0 aliphatic rings. The fourth-order valence-corrected chi connectivity index (χ4v) is 4.86. The van der Waals surface area contributed by atoms with Crippen LogP contribution in [-0.2, 0) is 16.6 Å². The van der Waals surface area contributed by atoms with E-state index in [0.717, 1.165) is 0 Å². The summed E-state index contributed by atoms with van der Waals surface area (Å²) in [6.45, 7) is 2.20. The summed E-state index contributed by atoms with van der Waals surface area (Å²) in [4.78, 5) is 38.2. The largest absolute Gasteiger partial charge is 0.495 e. The van der Waals surface area contributed by atoms with Crippen LogP contribution in [0.2, 0.25) is 0 Å². The molecular weight excluding hydrogens is 510 g/mol. The Bertz CT molecular complexity index is 1680. The number of benzene rings is 3. The molecule has 0 fully saturated rings. The highest BCUT2D eigenvalue weighted by Gasteiger charge is 2.20. The van der Waals surface area contributed by atoms with E-state index in [1.807, 2.05) is 6.92 Å². The second kappa shape index (κ2) is 11.1. The van der Waals surface area contributed by atoms with Crippen LogP contribution in [0.4, 0.5) is 5.69 Å². The second-order valence-electron chi connectivity index (χ2n) is 8.16. The van der Waals surface area contributed by atoms with E-state index in [4.69, 9.17) is 4.74 Å². The van der Waals surface area contributed by atoms with Crippen LogP contribution in [0.5, 0.6) is 5.75 Å². The molecule has 0 atom stereocenters. The third-order valence-electron chi connectivity index (χ3n) is 5.57. The number of anilines is 1. The number of hydrogen-bond donors (Lipinski definition) is 3. The van der Waals surface area contributed by atoms with E-state index in [0.29, 0.717) is 29.5 Å². The summed E-state index contributed by atoms with van der Waals surface area (Å²) in [5, 5.41) is 4.85. The molecule has 38 heavy (non-hydrogen) atoms. The Kier molecular flexibility index (Phi) is 7.72. The molecule has 0 bridgehead atoms. The van der Waals surface area contributed by atoms with Crippen LogP contribution < -0.4 is 25.9 Å². The predicted octanol–water partition coefficient (Wildman–Crippen LogP) is 2.69. The number of rotatable bonds is 8. The number of hydrazine groups is 1. The predicted molar refractivity (Wildman–Crippen MR) is 141 cm³/mol. The monoisotopic (exact) mass is 535 g/mol. The third kappa shape index (κ3) is 5.49. The van der Waals surface area contributed by atoms with Crippen LogP contribution in [0.15, 0.2) is 82.5 Å². The van der Waals surface area contributed by atoms with Crippen molar-refractivity contribution >= 4 is 38.3 Å². The number of sulfonamides is 1. The van der Waals surface area contributed by atoms with Crippen molar-refractivity contribution in [1.82, 2.24) is 20.6 Å². The van der Waals surface area contributed by atoms with Crippen LogP contribution in [0.3, 0.4) is 0 Å². The first-order valence-electron chi connectivity index (χ1n) is 11.6. The van der Waals surface area contributed by atoms with Crippen LogP contribution in [0.25, 0.3) is 10.8 Å². The van der Waals surface area contributed by atoms with E-state index >= 15 is 0 Å². The van der Waals surface area contributed by atoms with E-state index in [9.17, 15) is 22.8 Å². The van der Waals surface area contributed by atoms with Gasteiger partial charge in [-0.2, -0.15) is 5.10 Å². The summed E-state index contributed by atoms with van der Waals surface area (Å²) >= 11 is 0. The van der Waals surface area contributed by atoms with Gasteiger partial charge in [0.2, 0.25) is 0 Å². The summed E-state index contributed by atoms with van der Waals surface area (Å²) in [6.07, 6.45) is 0.633. The van der Waals surface area contributed by atoms with E-state index in [1.54, 1.807) is 48.5 Å². The average Bonchev–Trinajstić information content (AvgIpc) is 2.93. The average molecular weight is 536 g/mol. The van der Waals surface area contributed by atoms with Gasteiger partial charge in [-0.25, -0.2) is 13.1 Å². The van der Waals surface area contributed by atoms with Crippen molar-refractivity contribution in [1.29, 1.82) is 0 Å². The number of nitrogens with one attached hydrogen (secondary N) is 3. The van der Waals surface area contributed by atoms with E-state index in [1.165, 1.54) is 36.1 Å². The quantitative estimate of drug-likeness (QED) is 0.294. The van der Waals surface area contributed by atoms with Crippen LogP contribution in [0.1, 0.15) is 34.2 Å². The maximum absolute atomic E-state index is 12.9. The maximum atomic E-state index is 12.9. The Hall–Kier alpha value is -4.71. The molecule has 0 aliphatic carbocycles. The van der Waals surface area contributed by atoms with Gasteiger partial charge >= 0.3 is 0 Å². The molecule has 0 radical (unpaired) electrons. The van der Waals surface area contributed by atoms with E-state index in [-0.39, 0.29) is 27.4 Å². The number of hydrogen-bond acceptors (Lipinski definition) is 7. The molecule has 4 rings (SSSR count). The van der Waals surface area contributed by atoms with E-state index < -0.39 is 21.8 Å². The van der Waals surface area contributed by atoms with Crippen molar-refractivity contribution in [2.24, 2.45) is 0 Å². The first-order chi connectivity index (χ1) is 18.2. The van der Waals surface area contributed by atoms with Gasteiger partial charge in [0.1, 0.15) is 5.75 Å². The minimum atomic E-state index is -4.05. The van der Waals surface area contributed by atoms with E-state index in [2.05, 4.69) is 20.7 Å². The first kappa shape index (κ1) is 26.4. The summed E-state index contributed by atoms with van der Waals surface area (Å²) in [5.74, 6) is -1.15. The Morgan fingerprint density at radius 1 is 0.921 bits per heavy atom. The molecule has 0 aliphatic heterocycles. The minimum absolute atomic E-state index is 0.0121. The Morgan fingerprint density at radius 3 is 2.34 bits per heavy atom. The smallest absolute Gasteiger partial charge is 0.290 e. The lowest BCUT2D eigenvalue weighted by Crippen LogP contribution is -2.42. The van der Waals surface area contributed by atoms with Crippen molar-refractivity contribution in [3.8, 4) is 5.75 Å². The molecule has 0 spiro atoms. The topological polar surface area (TPSA) is 148 Å². The number of carbonyl (C=O) groups is 2. The summed E-state index contributed by atoms with van der Waals surface area (Å²) in [6, 6.07) is 18.4. The van der Waals surface area contributed by atoms with Crippen LogP contribution >= 0.6 is 0 Å². The third-order valence-corrected chi connectivity index (χ3v) is 6.93. The molecule has 0 saturated carbocycles. The molecule has 3 aromatic carbocycles. The van der Waals surface area contributed by atoms with Crippen molar-refractivity contribution in [3.05, 3.63) is 94.4 Å². The lowest BCUT2D eigenvalue weighted by Gasteiger charge is -2.13. The fraction of sp³-hybridized carbons (Fsp3) is 0.154. The number of aryl methyl sites for hydroxylation is 1. The number of para-hydroxylation sites is 2. The molecule has 4 aromatic rings. The Morgan fingerprint density at radius 2 is 1.61 bits per heavy atom. The van der Waals surface area contributed by atoms with Gasteiger partial charge in [0.05, 0.1) is 23.1 Å². The van der Waals surface area contributed by atoms with Gasteiger partial charge < -0.3 is 4.74 Å². The number of amides is 2. The second-order valence-corrected chi connectivity index (χ2v) is 9.85. The lowest BCUT2D eigenvalue weighted by atomic mass is 10.1. The van der Waals surface area contributed by atoms with Gasteiger partial charge in [0.25, 0.3) is 27.4 Å². The highest BCUT2D eigenvalue weighted by Crippen LogP contribution is 2.26. The van der Waals surface area contributed by atoms with Gasteiger partial charge in [0, 0.05) is 17.5 Å². The van der Waals surface area contributed by atoms with Gasteiger partial charge in [-0.3, -0.25) is 30.0 Å². The molecule has 1 aromatic heterocycles. The lowest BCUT2D eigenvalue weighted by molar-refractivity contribution is 0.0843. The van der Waals surface area contributed by atoms with Crippen molar-refractivity contribution in [2.75, 3.05) is 11.8 Å². The molecule has 0 unspecified atom stereocenters. The van der Waals surface area contributed by atoms with Crippen molar-refractivity contribution in [2.45, 2.75) is 24.8 Å². The summed E-state index contributed by atoms with van der Waals surface area (Å²) in [5.41, 5.74) is 4.44. The van der Waals surface area contributed by atoms with Crippen LogP contribution in [0, 0.1) is 0 Å². The fourth-order valence-electron chi connectivity index (χ4n) is 3.75. The number of fused-ring (bicyclic) bond motifs is 1. The number of aromatic nitrogens is 2. The molecule has 196 valence electrons. The van der Waals surface area contributed by atoms with Gasteiger partial charge in [-0.15, -0.1) is 0 Å². The highest BCUT2D eigenvalue weighted by atomic mass is 32.2. The Labute approximate surface area is 218 Å². The maximum Gasteiger partial charge on any atom is 0.290 e. The zero-order chi connectivity index (χ0) is 27.3. The molecule has 3 N–H and O–H groups in total. The van der Waals surface area contributed by atoms with Gasteiger partial charge in [-0.05, 0) is 42.8 Å². The minimum Gasteiger partial charge on any atom is -0.495 e. The number of nitrogens with zero attached hydrogens (tertiary/aromatic N) is 2. The highest BCUT2D eigenvalue weighted by molar-refractivity contribution is 7.92. The zero-order valence-corrected chi connectivity index (χ0v) is 21.4. The zero-order valence-electron chi connectivity index (χ0n) is 20.6. The number of ether oxygens (including phenoxy) is 1. The first-order valence-corrected chi connectivity index (χ1v) is 13.1.